The topological polar surface area (TPSA) is 81.4 Å². The molecule has 0 aliphatic carbocycles. The van der Waals surface area contributed by atoms with Crippen LogP contribution in [0.3, 0.4) is 0 Å². The van der Waals surface area contributed by atoms with Gasteiger partial charge >= 0.3 is 5.97 Å². The molecule has 0 bridgehead atoms. The van der Waals surface area contributed by atoms with Crippen LogP contribution in [-0.4, -0.2) is 20.6 Å². The molecule has 142 valence electrons. The van der Waals surface area contributed by atoms with Gasteiger partial charge in [-0.3, -0.25) is 4.79 Å². The van der Waals surface area contributed by atoms with Gasteiger partial charge in [0.2, 0.25) is 0 Å². The van der Waals surface area contributed by atoms with Gasteiger partial charge in [0, 0.05) is 16.5 Å². The smallest absolute Gasteiger partial charge is 0.343 e. The Hall–Kier alpha value is -2.41. The van der Waals surface area contributed by atoms with Crippen molar-refractivity contribution in [3.8, 4) is 11.4 Å². The summed E-state index contributed by atoms with van der Waals surface area (Å²) in [5, 5.41) is 12.6. The number of halogens is 2. The van der Waals surface area contributed by atoms with E-state index in [1.165, 1.54) is 0 Å². The van der Waals surface area contributed by atoms with Crippen LogP contribution in [0.15, 0.2) is 29.1 Å². The number of nitrogens with zero attached hydrogens (tertiary/aromatic N) is 2. The van der Waals surface area contributed by atoms with E-state index >= 15 is 0 Å². The molecule has 6 nitrogen and oxygen atoms in total. The average Bonchev–Trinajstić information content (AvgIpc) is 3.05. The first-order valence-electron chi connectivity index (χ1n) is 8.80. The van der Waals surface area contributed by atoms with Crippen LogP contribution in [-0.2, 0) is 28.3 Å². The lowest BCUT2D eigenvalue weighted by Crippen LogP contribution is -2.44. The van der Waals surface area contributed by atoms with Gasteiger partial charge in [0.15, 0.2) is 5.60 Å². The third-order valence-electron chi connectivity index (χ3n) is 5.57. The van der Waals surface area contributed by atoms with Crippen molar-refractivity contribution in [3.05, 3.63) is 61.4 Å². The molecule has 0 radical (unpaired) electrons. The molecule has 2 aromatic heterocycles. The standard InChI is InChI=1S/C20H14Cl2N2O4/c1-2-20(27)12-6-15-16-9(5-10-13(21)3-4-14(22)17(10)23-16)7-24(15)18(25)11(12)8-28-19(20)26/h3-6,27H,2,7-8H2,1H3/t20-/m0/s1. The minimum absolute atomic E-state index is 0.0984. The van der Waals surface area contributed by atoms with Crippen LogP contribution in [0.5, 0.6) is 0 Å². The van der Waals surface area contributed by atoms with Gasteiger partial charge in [0.1, 0.15) is 6.61 Å². The number of cyclic esters (lactones) is 1. The fourth-order valence-corrected chi connectivity index (χ4v) is 4.41. The van der Waals surface area contributed by atoms with Gasteiger partial charge in [-0.1, -0.05) is 30.1 Å². The highest BCUT2D eigenvalue weighted by Gasteiger charge is 2.45. The molecule has 3 aromatic rings. The van der Waals surface area contributed by atoms with Crippen molar-refractivity contribution in [2.75, 3.05) is 0 Å². The van der Waals surface area contributed by atoms with Crippen molar-refractivity contribution in [1.82, 2.24) is 9.55 Å². The molecule has 0 saturated carbocycles. The Morgan fingerprint density at radius 3 is 2.75 bits per heavy atom. The fraction of sp³-hybridized carbons (Fsp3) is 0.250. The molecule has 2 aliphatic heterocycles. The number of carbonyl (C=O) groups is 1. The maximum atomic E-state index is 13.1. The Morgan fingerprint density at radius 2 is 2.00 bits per heavy atom. The van der Waals surface area contributed by atoms with Gasteiger partial charge < -0.3 is 14.4 Å². The van der Waals surface area contributed by atoms with E-state index in [2.05, 4.69) is 4.98 Å². The summed E-state index contributed by atoms with van der Waals surface area (Å²) in [4.78, 5) is 30.0. The molecule has 8 heteroatoms. The highest BCUT2D eigenvalue weighted by molar-refractivity contribution is 6.39. The van der Waals surface area contributed by atoms with Gasteiger partial charge in [-0.2, -0.15) is 0 Å². The second-order valence-electron chi connectivity index (χ2n) is 7.02. The zero-order chi connectivity index (χ0) is 19.8. The first-order chi connectivity index (χ1) is 13.3. The molecule has 28 heavy (non-hydrogen) atoms. The summed E-state index contributed by atoms with van der Waals surface area (Å²) in [6, 6.07) is 6.93. The van der Waals surface area contributed by atoms with Crippen LogP contribution in [0.4, 0.5) is 0 Å². The number of pyridine rings is 2. The number of aliphatic hydroxyl groups is 1. The maximum absolute atomic E-state index is 13.1. The number of fused-ring (bicyclic) bond motifs is 5. The van der Waals surface area contributed by atoms with Gasteiger partial charge in [-0.05, 0) is 30.7 Å². The second-order valence-corrected chi connectivity index (χ2v) is 7.84. The van der Waals surface area contributed by atoms with E-state index < -0.39 is 11.6 Å². The van der Waals surface area contributed by atoms with Crippen LogP contribution in [0, 0.1) is 0 Å². The summed E-state index contributed by atoms with van der Waals surface area (Å²) < 4.78 is 6.65. The zero-order valence-corrected chi connectivity index (χ0v) is 16.3. The largest absolute Gasteiger partial charge is 0.458 e. The van der Waals surface area contributed by atoms with Gasteiger partial charge in [-0.15, -0.1) is 0 Å². The van der Waals surface area contributed by atoms with Gasteiger partial charge in [-0.25, -0.2) is 9.78 Å². The Bertz CT molecular complexity index is 1270. The fourth-order valence-electron chi connectivity index (χ4n) is 4.00. The van der Waals surface area contributed by atoms with E-state index in [0.29, 0.717) is 44.4 Å². The van der Waals surface area contributed by atoms with Crippen molar-refractivity contribution in [3.63, 3.8) is 0 Å². The number of carbonyl (C=O) groups excluding carboxylic acids is 1. The molecular weight excluding hydrogens is 403 g/mol. The van der Waals surface area contributed by atoms with E-state index in [9.17, 15) is 14.7 Å². The van der Waals surface area contributed by atoms with Gasteiger partial charge in [0.25, 0.3) is 5.56 Å². The SMILES string of the molecule is CC[C@@]1(O)C(=O)OCc2c1cc1n(c2=O)Cc2cc3c(Cl)ccc(Cl)c3nc2-1. The number of rotatable bonds is 1. The molecule has 0 fully saturated rings. The molecule has 1 aromatic carbocycles. The summed E-state index contributed by atoms with van der Waals surface area (Å²) in [5.41, 5.74) is 0.928. The molecule has 0 unspecified atom stereocenters. The van der Waals surface area contributed by atoms with Crippen LogP contribution in [0.1, 0.15) is 30.0 Å². The minimum atomic E-state index is -1.84. The molecule has 0 saturated heterocycles. The lowest BCUT2D eigenvalue weighted by Gasteiger charge is -2.31. The Labute approximate surface area is 169 Å². The van der Waals surface area contributed by atoms with Crippen molar-refractivity contribution in [2.45, 2.75) is 32.1 Å². The van der Waals surface area contributed by atoms with E-state index in [0.717, 1.165) is 5.56 Å². The minimum Gasteiger partial charge on any atom is -0.458 e. The van der Waals surface area contributed by atoms with E-state index in [4.69, 9.17) is 27.9 Å². The summed E-state index contributed by atoms with van der Waals surface area (Å²) in [6.45, 7) is 1.84. The highest BCUT2D eigenvalue weighted by Crippen LogP contribution is 2.40. The summed E-state index contributed by atoms with van der Waals surface area (Å²) >= 11 is 12.6. The number of benzene rings is 1. The van der Waals surface area contributed by atoms with Crippen molar-refractivity contribution in [2.24, 2.45) is 0 Å². The number of esters is 1. The van der Waals surface area contributed by atoms with E-state index in [1.807, 2.05) is 6.07 Å². The normalized spacial score (nSPS) is 19.9. The quantitative estimate of drug-likeness (QED) is 0.481. The van der Waals surface area contributed by atoms with Crippen LogP contribution in [0.2, 0.25) is 10.0 Å². The number of aromatic nitrogens is 2. The van der Waals surface area contributed by atoms with E-state index in [-0.39, 0.29) is 24.2 Å². The van der Waals surface area contributed by atoms with Crippen molar-refractivity contribution in [1.29, 1.82) is 0 Å². The third kappa shape index (κ3) is 2.16. The summed E-state index contributed by atoms with van der Waals surface area (Å²) in [6.07, 6.45) is 0.0984. The Morgan fingerprint density at radius 1 is 1.25 bits per heavy atom. The average molecular weight is 417 g/mol. The van der Waals surface area contributed by atoms with Crippen LogP contribution >= 0.6 is 23.2 Å². The van der Waals surface area contributed by atoms with Crippen LogP contribution in [0.25, 0.3) is 22.3 Å². The monoisotopic (exact) mass is 416 g/mol. The summed E-state index contributed by atoms with van der Waals surface area (Å²) in [7, 11) is 0. The Balaban J connectivity index is 1.83. The Kier molecular flexibility index (Phi) is 3.66. The number of hydrogen-bond donors (Lipinski definition) is 1. The zero-order valence-electron chi connectivity index (χ0n) is 14.8. The summed E-state index contributed by atoms with van der Waals surface area (Å²) in [5.74, 6) is -0.744. The maximum Gasteiger partial charge on any atom is 0.343 e. The first-order valence-corrected chi connectivity index (χ1v) is 9.55. The highest BCUT2D eigenvalue weighted by atomic mass is 35.5. The second kappa shape index (κ2) is 5.80. The molecule has 0 amide bonds. The number of hydrogen-bond acceptors (Lipinski definition) is 5. The van der Waals surface area contributed by atoms with Crippen LogP contribution < -0.4 is 5.56 Å². The molecule has 4 heterocycles. The molecule has 0 spiro atoms. The van der Waals surface area contributed by atoms with Crippen molar-refractivity contribution < 1.29 is 14.6 Å². The predicted molar refractivity (Wildman–Crippen MR) is 105 cm³/mol. The lowest BCUT2D eigenvalue weighted by molar-refractivity contribution is -0.172. The molecular formula is C20H14Cl2N2O4. The number of ether oxygens (including phenoxy) is 1. The first kappa shape index (κ1) is 17.7. The van der Waals surface area contributed by atoms with Crippen molar-refractivity contribution >= 4 is 40.1 Å². The molecule has 1 N–H and O–H groups in total. The third-order valence-corrected chi connectivity index (χ3v) is 6.21. The molecule has 2 aliphatic rings. The van der Waals surface area contributed by atoms with Gasteiger partial charge in [0.05, 0.1) is 39.1 Å². The lowest BCUT2D eigenvalue weighted by atomic mass is 9.86. The van der Waals surface area contributed by atoms with E-state index in [1.54, 1.807) is 29.7 Å². The predicted octanol–water partition coefficient (Wildman–Crippen LogP) is 3.39. The molecule has 5 rings (SSSR count). The molecule has 1 atom stereocenters.